The number of allylic oxidation sites excluding steroid dienone is 2. The number of methoxy groups -OCH3 is 1. The predicted octanol–water partition coefficient (Wildman–Crippen LogP) is 5.51. The molecule has 0 saturated heterocycles. The maximum absolute atomic E-state index is 12.0. The first-order valence-corrected chi connectivity index (χ1v) is 8.84. The van der Waals surface area contributed by atoms with Crippen molar-refractivity contribution in [2.24, 2.45) is 0 Å². The van der Waals surface area contributed by atoms with Crippen LogP contribution in [-0.4, -0.2) is 13.1 Å². The van der Waals surface area contributed by atoms with Gasteiger partial charge < -0.3 is 9.47 Å². The largest absolute Gasteiger partial charge is 0.496 e. The number of fused-ring (bicyclic) bond motifs is 6. The average Bonchev–Trinajstić information content (AvgIpc) is 3.20. The van der Waals surface area contributed by atoms with E-state index in [0.29, 0.717) is 16.7 Å². The summed E-state index contributed by atoms with van der Waals surface area (Å²) in [4.78, 5) is 12.0. The van der Waals surface area contributed by atoms with Gasteiger partial charge in [-0.2, -0.15) is 0 Å². The van der Waals surface area contributed by atoms with Crippen LogP contribution in [0.25, 0.3) is 10.8 Å². The molecule has 25 heavy (non-hydrogen) atoms. The Balaban J connectivity index is 2.07. The molecule has 0 radical (unpaired) electrons. The highest BCUT2D eigenvalue weighted by atomic mass is 35.5. The molecule has 0 aliphatic heterocycles. The number of carbonyl (C=O) groups is 1. The van der Waals surface area contributed by atoms with E-state index in [1.165, 1.54) is 11.6 Å². The normalized spacial score (nSPS) is 20.4. The third-order valence-corrected chi connectivity index (χ3v) is 5.54. The second kappa shape index (κ2) is 5.92. The van der Waals surface area contributed by atoms with E-state index in [2.05, 4.69) is 19.6 Å². The number of rotatable bonds is 4. The molecule has 2 aromatic carbocycles. The summed E-state index contributed by atoms with van der Waals surface area (Å²) in [6, 6.07) is 5.58. The highest BCUT2D eigenvalue weighted by molar-refractivity contribution is 6.31. The molecule has 0 amide bonds. The number of carbonyl (C=O) groups excluding carboxylic acids is 1. The van der Waals surface area contributed by atoms with E-state index in [9.17, 15) is 4.79 Å². The van der Waals surface area contributed by atoms with Crippen LogP contribution in [0.3, 0.4) is 0 Å². The van der Waals surface area contributed by atoms with Crippen molar-refractivity contribution in [1.82, 2.24) is 0 Å². The number of halogens is 1. The fourth-order valence-corrected chi connectivity index (χ4v) is 4.51. The van der Waals surface area contributed by atoms with Crippen molar-refractivity contribution in [1.29, 1.82) is 0 Å². The van der Waals surface area contributed by atoms with Gasteiger partial charge in [-0.05, 0) is 31.0 Å². The van der Waals surface area contributed by atoms with E-state index in [-0.39, 0.29) is 5.92 Å². The minimum absolute atomic E-state index is 0.284. The summed E-state index contributed by atoms with van der Waals surface area (Å²) in [5.74, 6) is 1.60. The monoisotopic (exact) mass is 354 g/mol. The van der Waals surface area contributed by atoms with Gasteiger partial charge in [-0.3, -0.25) is 0 Å². The molecule has 128 valence electrons. The minimum Gasteiger partial charge on any atom is -0.496 e. The Labute approximate surface area is 151 Å². The first-order valence-electron chi connectivity index (χ1n) is 8.46. The first kappa shape index (κ1) is 16.2. The molecular formula is C21H19ClO3. The molecule has 4 heteroatoms. The van der Waals surface area contributed by atoms with Crippen LogP contribution in [0.5, 0.6) is 11.5 Å². The molecular weight excluding hydrogens is 336 g/mol. The van der Waals surface area contributed by atoms with E-state index >= 15 is 0 Å². The Morgan fingerprint density at radius 1 is 1.32 bits per heavy atom. The summed E-state index contributed by atoms with van der Waals surface area (Å²) >= 11 is 6.22. The van der Waals surface area contributed by atoms with E-state index in [4.69, 9.17) is 21.1 Å². The number of hydrogen-bond donors (Lipinski definition) is 0. The lowest BCUT2D eigenvalue weighted by Crippen LogP contribution is -2.10. The zero-order chi connectivity index (χ0) is 17.7. The molecule has 2 aliphatic carbocycles. The number of esters is 1. The molecule has 2 aromatic rings. The zero-order valence-corrected chi connectivity index (χ0v) is 15.0. The lowest BCUT2D eigenvalue weighted by Gasteiger charge is -2.24. The van der Waals surface area contributed by atoms with Gasteiger partial charge >= 0.3 is 5.97 Å². The van der Waals surface area contributed by atoms with Crippen LogP contribution in [-0.2, 0) is 4.79 Å². The van der Waals surface area contributed by atoms with Gasteiger partial charge in [-0.1, -0.05) is 36.8 Å². The van der Waals surface area contributed by atoms with Gasteiger partial charge in [0.1, 0.15) is 11.5 Å². The molecule has 2 atom stereocenters. The Kier molecular flexibility index (Phi) is 3.84. The van der Waals surface area contributed by atoms with Crippen molar-refractivity contribution < 1.29 is 14.3 Å². The lowest BCUT2D eigenvalue weighted by molar-refractivity contribution is -0.128. The Morgan fingerprint density at radius 2 is 2.12 bits per heavy atom. The summed E-state index contributed by atoms with van der Waals surface area (Å²) in [7, 11) is 1.68. The molecule has 4 rings (SSSR count). The second-order valence-corrected chi connectivity index (χ2v) is 6.93. The maximum Gasteiger partial charge on any atom is 0.335 e. The number of benzene rings is 2. The van der Waals surface area contributed by atoms with Crippen molar-refractivity contribution in [3.8, 4) is 11.5 Å². The third-order valence-electron chi connectivity index (χ3n) is 5.30. The summed E-state index contributed by atoms with van der Waals surface area (Å²) in [5.41, 5.74) is 3.63. The van der Waals surface area contributed by atoms with Crippen LogP contribution in [0.15, 0.2) is 42.5 Å². The minimum atomic E-state index is -0.451. The molecule has 0 saturated carbocycles. The molecule has 0 N–H and O–H groups in total. The summed E-state index contributed by atoms with van der Waals surface area (Å²) in [6.45, 7) is 5.69. The predicted molar refractivity (Wildman–Crippen MR) is 99.8 cm³/mol. The van der Waals surface area contributed by atoms with Crippen molar-refractivity contribution in [2.75, 3.05) is 7.11 Å². The molecule has 2 aliphatic rings. The SMILES string of the molecule is C=CC(=O)Oc1c2c(c(OC)c3cc(Cl)ccc13)C1C=C(CC)C2C1. The Morgan fingerprint density at radius 3 is 2.80 bits per heavy atom. The lowest BCUT2D eigenvalue weighted by atomic mass is 9.86. The summed E-state index contributed by atoms with van der Waals surface area (Å²) in [6.07, 6.45) is 5.54. The van der Waals surface area contributed by atoms with Gasteiger partial charge in [-0.15, -0.1) is 0 Å². The van der Waals surface area contributed by atoms with Gasteiger partial charge in [0.05, 0.1) is 7.11 Å². The average molecular weight is 355 g/mol. The topological polar surface area (TPSA) is 35.5 Å². The van der Waals surface area contributed by atoms with Gasteiger partial charge in [0, 0.05) is 44.8 Å². The molecule has 0 fully saturated rings. The Bertz CT molecular complexity index is 942. The Hall–Kier alpha value is -2.26. The van der Waals surface area contributed by atoms with Gasteiger partial charge in [-0.25, -0.2) is 4.79 Å². The van der Waals surface area contributed by atoms with Gasteiger partial charge in [0.2, 0.25) is 0 Å². The zero-order valence-electron chi connectivity index (χ0n) is 14.3. The number of ether oxygens (including phenoxy) is 2. The third kappa shape index (κ3) is 2.30. The van der Waals surface area contributed by atoms with Crippen LogP contribution in [0.1, 0.15) is 42.7 Å². The van der Waals surface area contributed by atoms with Gasteiger partial charge in [0.15, 0.2) is 0 Å². The standard InChI is InChI=1S/C21H19ClO3/c1-4-11-8-12-9-15(11)19-18(12)20(24-3)16-10-13(22)6-7-14(16)21(19)25-17(23)5-2/h5-8,10,12,15H,2,4,9H2,1,3H3. The first-order chi connectivity index (χ1) is 12.1. The quantitative estimate of drug-likeness (QED) is 0.314. The highest BCUT2D eigenvalue weighted by Crippen LogP contribution is 2.61. The summed E-state index contributed by atoms with van der Waals surface area (Å²) in [5, 5.41) is 2.34. The van der Waals surface area contributed by atoms with E-state index in [1.807, 2.05) is 18.2 Å². The van der Waals surface area contributed by atoms with E-state index in [1.54, 1.807) is 7.11 Å². The van der Waals surface area contributed by atoms with Crippen molar-refractivity contribution in [2.45, 2.75) is 31.6 Å². The molecule has 0 aromatic heterocycles. The van der Waals surface area contributed by atoms with E-state index < -0.39 is 5.97 Å². The molecule has 0 heterocycles. The molecule has 2 bridgehead atoms. The van der Waals surface area contributed by atoms with Crippen LogP contribution in [0, 0.1) is 0 Å². The van der Waals surface area contributed by atoms with Crippen LogP contribution < -0.4 is 9.47 Å². The highest BCUT2D eigenvalue weighted by Gasteiger charge is 2.43. The smallest absolute Gasteiger partial charge is 0.335 e. The van der Waals surface area contributed by atoms with Crippen molar-refractivity contribution >= 4 is 28.3 Å². The summed E-state index contributed by atoms with van der Waals surface area (Å²) < 4.78 is 11.5. The second-order valence-electron chi connectivity index (χ2n) is 6.49. The molecule has 0 spiro atoms. The number of hydrogen-bond acceptors (Lipinski definition) is 3. The molecule has 3 nitrogen and oxygen atoms in total. The van der Waals surface area contributed by atoms with Crippen LogP contribution in [0.2, 0.25) is 5.02 Å². The van der Waals surface area contributed by atoms with Crippen molar-refractivity contribution in [3.05, 3.63) is 58.7 Å². The fraction of sp³-hybridized carbons (Fsp3) is 0.286. The van der Waals surface area contributed by atoms with E-state index in [0.717, 1.165) is 40.5 Å². The van der Waals surface area contributed by atoms with Crippen LogP contribution in [0.4, 0.5) is 0 Å². The van der Waals surface area contributed by atoms with Gasteiger partial charge in [0.25, 0.3) is 0 Å². The fourth-order valence-electron chi connectivity index (χ4n) is 4.34. The maximum atomic E-state index is 12.0. The van der Waals surface area contributed by atoms with Crippen molar-refractivity contribution in [3.63, 3.8) is 0 Å². The van der Waals surface area contributed by atoms with Crippen LogP contribution >= 0.6 is 11.6 Å². The molecule has 2 unspecified atom stereocenters.